The highest BCUT2D eigenvalue weighted by Gasteiger charge is 2.53. The Morgan fingerprint density at radius 3 is 2.70 bits per heavy atom. The number of likely N-dealkylation sites (tertiary alicyclic amines) is 2. The van der Waals surface area contributed by atoms with Gasteiger partial charge < -0.3 is 15.1 Å². The lowest BCUT2D eigenvalue weighted by molar-refractivity contribution is -0.162. The molecule has 2 fully saturated rings. The Bertz CT molecular complexity index is 1420. The molecule has 37 heavy (non-hydrogen) atoms. The Kier molecular flexibility index (Phi) is 6.15. The van der Waals surface area contributed by atoms with Crippen molar-refractivity contribution in [1.29, 1.82) is 5.26 Å². The molecule has 11 nitrogen and oxygen atoms in total. The molecular weight excluding hydrogens is 477 g/mol. The van der Waals surface area contributed by atoms with Crippen molar-refractivity contribution < 1.29 is 14.0 Å². The predicted molar refractivity (Wildman–Crippen MR) is 133 cm³/mol. The number of aromatic nitrogens is 5. The molecule has 0 atom stereocenters. The average molecular weight is 506 g/mol. The van der Waals surface area contributed by atoms with Crippen molar-refractivity contribution in [3.8, 4) is 17.3 Å². The van der Waals surface area contributed by atoms with Crippen LogP contribution in [0.3, 0.4) is 0 Å². The first-order valence-corrected chi connectivity index (χ1v) is 12.3. The number of nitrogens with zero attached hydrogens (tertiary/aromatic N) is 8. The van der Waals surface area contributed by atoms with Crippen LogP contribution in [0.1, 0.15) is 37.1 Å². The van der Waals surface area contributed by atoms with Gasteiger partial charge in [0.05, 0.1) is 42.3 Å². The van der Waals surface area contributed by atoms with E-state index < -0.39 is 11.6 Å². The van der Waals surface area contributed by atoms with E-state index in [2.05, 4.69) is 33.4 Å². The van der Waals surface area contributed by atoms with Crippen LogP contribution in [0.5, 0.6) is 0 Å². The molecule has 3 aromatic rings. The summed E-state index contributed by atoms with van der Waals surface area (Å²) in [5, 5.41) is 25.9. The Morgan fingerprint density at radius 2 is 2.05 bits per heavy atom. The summed E-state index contributed by atoms with van der Waals surface area (Å²) < 4.78 is 18.6. The monoisotopic (exact) mass is 505 g/mol. The zero-order valence-electron chi connectivity index (χ0n) is 20.8. The number of nitrogens with one attached hydrogen (secondary N) is 1. The van der Waals surface area contributed by atoms with Crippen LogP contribution in [0.4, 0.5) is 10.1 Å². The highest BCUT2D eigenvalue weighted by molar-refractivity contribution is 5.93. The first-order chi connectivity index (χ1) is 17.8. The summed E-state index contributed by atoms with van der Waals surface area (Å²) in [4.78, 5) is 27.2. The lowest BCUT2D eigenvalue weighted by atomic mass is 9.92. The molecular formula is C25H28FN9O2. The van der Waals surface area contributed by atoms with Gasteiger partial charge in [0.25, 0.3) is 5.91 Å². The smallest absolute Gasteiger partial charge is 0.264 e. The lowest BCUT2D eigenvalue weighted by Crippen LogP contribution is -2.68. The highest BCUT2D eigenvalue weighted by Crippen LogP contribution is 2.33. The molecule has 0 unspecified atom stereocenters. The van der Waals surface area contributed by atoms with E-state index in [-0.39, 0.29) is 25.0 Å². The Balaban J connectivity index is 1.30. The number of carbonyl (C=O) groups excluding carboxylic acids is 2. The zero-order chi connectivity index (χ0) is 26.3. The molecule has 0 aromatic carbocycles. The largest absolute Gasteiger partial charge is 0.384 e. The van der Waals surface area contributed by atoms with Gasteiger partial charge >= 0.3 is 0 Å². The zero-order valence-corrected chi connectivity index (χ0v) is 20.8. The first-order valence-electron chi connectivity index (χ1n) is 12.3. The van der Waals surface area contributed by atoms with Gasteiger partial charge in [-0.25, -0.2) is 13.6 Å². The molecule has 2 aliphatic heterocycles. The molecule has 2 saturated heterocycles. The van der Waals surface area contributed by atoms with Gasteiger partial charge in [-0.3, -0.25) is 9.59 Å². The second-order valence-corrected chi connectivity index (χ2v) is 9.49. The van der Waals surface area contributed by atoms with Crippen molar-refractivity contribution in [3.63, 3.8) is 0 Å². The van der Waals surface area contributed by atoms with E-state index in [4.69, 9.17) is 0 Å². The van der Waals surface area contributed by atoms with Crippen molar-refractivity contribution in [1.82, 2.24) is 34.4 Å². The van der Waals surface area contributed by atoms with Crippen LogP contribution in [0.2, 0.25) is 0 Å². The van der Waals surface area contributed by atoms with Gasteiger partial charge in [-0.05, 0) is 38.8 Å². The van der Waals surface area contributed by atoms with E-state index in [1.165, 1.54) is 4.90 Å². The maximum atomic E-state index is 15.1. The number of halogens is 1. The van der Waals surface area contributed by atoms with Crippen molar-refractivity contribution in [3.05, 3.63) is 42.4 Å². The third kappa shape index (κ3) is 4.10. The number of rotatable bonds is 6. The summed E-state index contributed by atoms with van der Waals surface area (Å²) >= 11 is 0. The van der Waals surface area contributed by atoms with Gasteiger partial charge in [-0.1, -0.05) is 11.8 Å². The molecule has 2 aliphatic rings. The minimum Gasteiger partial charge on any atom is -0.384 e. The number of fused-ring (bicyclic) bond motifs is 1. The topological polar surface area (TPSA) is 124 Å². The van der Waals surface area contributed by atoms with Crippen LogP contribution in [-0.2, 0) is 9.59 Å². The number of carbonyl (C=O) groups is 2. The van der Waals surface area contributed by atoms with E-state index >= 15 is 4.39 Å². The number of pyridine rings is 1. The third-order valence-electron chi connectivity index (χ3n) is 7.15. The standard InChI is InChI=1S/C25H28FN9O2/c1-4-21(36)33-14-25(26,15-33)24(37)32-8-6-19(7-9-32)35-16(3)22(30-31-35)17-10-20(28-5-2)23-18(11-27)12-29-34(23)13-17/h4,10,12-13,19,28H,1,5-9,14-15H2,2-3H3. The summed E-state index contributed by atoms with van der Waals surface area (Å²) in [5.74, 6) is -0.928. The van der Waals surface area contributed by atoms with Gasteiger partial charge in [0.15, 0.2) is 0 Å². The van der Waals surface area contributed by atoms with Crippen LogP contribution in [-0.4, -0.2) is 84.6 Å². The summed E-state index contributed by atoms with van der Waals surface area (Å²) in [6.07, 6.45) is 5.74. The Hall–Kier alpha value is -4.27. The minimum absolute atomic E-state index is 0.0213. The van der Waals surface area contributed by atoms with Gasteiger partial charge in [-0.15, -0.1) is 5.10 Å². The molecule has 192 valence electrons. The summed E-state index contributed by atoms with van der Waals surface area (Å²) in [6, 6.07) is 4.15. The third-order valence-corrected chi connectivity index (χ3v) is 7.15. The molecule has 5 rings (SSSR count). The molecule has 0 saturated carbocycles. The SMILES string of the molecule is C=CC(=O)N1CC(F)(C(=O)N2CCC(n3nnc(-c4cc(NCC)c5c(C#N)cnn5c4)c3C)CC2)C1. The Labute approximate surface area is 213 Å². The quantitative estimate of drug-likeness (QED) is 0.509. The van der Waals surface area contributed by atoms with Crippen LogP contribution in [0, 0.1) is 18.3 Å². The number of hydrogen-bond donors (Lipinski definition) is 1. The van der Waals surface area contributed by atoms with Crippen molar-refractivity contribution in [2.24, 2.45) is 0 Å². The van der Waals surface area contributed by atoms with Crippen molar-refractivity contribution in [2.75, 3.05) is 38.0 Å². The van der Waals surface area contributed by atoms with E-state index in [9.17, 15) is 14.9 Å². The fourth-order valence-corrected chi connectivity index (χ4v) is 5.19. The van der Waals surface area contributed by atoms with Crippen molar-refractivity contribution >= 4 is 23.0 Å². The number of amides is 2. The molecule has 3 aromatic heterocycles. The van der Waals surface area contributed by atoms with Crippen LogP contribution >= 0.6 is 0 Å². The number of anilines is 1. The van der Waals surface area contributed by atoms with E-state index in [1.807, 2.05) is 30.8 Å². The predicted octanol–water partition coefficient (Wildman–Crippen LogP) is 2.10. The maximum absolute atomic E-state index is 15.1. The molecule has 0 aliphatic carbocycles. The minimum atomic E-state index is -2.03. The summed E-state index contributed by atoms with van der Waals surface area (Å²) in [7, 11) is 0. The van der Waals surface area contributed by atoms with Gasteiger partial charge in [0, 0.05) is 31.4 Å². The van der Waals surface area contributed by atoms with Crippen LogP contribution < -0.4 is 5.32 Å². The number of piperidine rings is 1. The van der Waals surface area contributed by atoms with E-state index in [0.717, 1.165) is 23.0 Å². The van der Waals surface area contributed by atoms with E-state index in [0.29, 0.717) is 49.2 Å². The average Bonchev–Trinajstić information content (AvgIpc) is 3.49. The van der Waals surface area contributed by atoms with Crippen LogP contribution in [0.15, 0.2) is 31.1 Å². The molecule has 12 heteroatoms. The fraction of sp³-hybridized carbons (Fsp3) is 0.440. The molecule has 0 bridgehead atoms. The van der Waals surface area contributed by atoms with Gasteiger partial charge in [0.2, 0.25) is 11.6 Å². The first kappa shape index (κ1) is 24.4. The van der Waals surface area contributed by atoms with Gasteiger partial charge in [0.1, 0.15) is 17.3 Å². The molecule has 0 spiro atoms. The summed E-state index contributed by atoms with van der Waals surface area (Å²) in [6.45, 7) is 8.36. The second kappa shape index (κ2) is 9.31. The Morgan fingerprint density at radius 1 is 1.32 bits per heavy atom. The number of hydrogen-bond acceptors (Lipinski definition) is 7. The molecule has 1 N–H and O–H groups in total. The molecule has 2 amide bonds. The van der Waals surface area contributed by atoms with E-state index in [1.54, 1.807) is 15.6 Å². The second-order valence-electron chi connectivity index (χ2n) is 9.49. The number of nitriles is 1. The van der Waals surface area contributed by atoms with Crippen LogP contribution in [0.25, 0.3) is 16.8 Å². The summed E-state index contributed by atoms with van der Waals surface area (Å²) in [5.41, 5.74) is 2.36. The highest BCUT2D eigenvalue weighted by atomic mass is 19.1. The maximum Gasteiger partial charge on any atom is 0.264 e. The lowest BCUT2D eigenvalue weighted by Gasteiger charge is -2.45. The fourth-order valence-electron chi connectivity index (χ4n) is 5.19. The molecule has 5 heterocycles. The molecule has 0 radical (unpaired) electrons. The van der Waals surface area contributed by atoms with Crippen molar-refractivity contribution in [2.45, 2.75) is 38.4 Å². The number of alkyl halides is 1. The normalized spacial score (nSPS) is 17.4. The van der Waals surface area contributed by atoms with Gasteiger partial charge in [-0.2, -0.15) is 10.4 Å².